The quantitative estimate of drug-likeness (QED) is 0.650. The van der Waals surface area contributed by atoms with Crippen LogP contribution in [0, 0.1) is 5.92 Å². The summed E-state index contributed by atoms with van der Waals surface area (Å²) >= 11 is 1.74. The smallest absolute Gasteiger partial charge is 0.305 e. The molecule has 1 rings (SSSR count). The van der Waals surface area contributed by atoms with Gasteiger partial charge in [-0.1, -0.05) is 0 Å². The molecule has 0 saturated carbocycles. The van der Waals surface area contributed by atoms with E-state index in [2.05, 4.69) is 4.74 Å². The molecule has 0 aliphatic carbocycles. The summed E-state index contributed by atoms with van der Waals surface area (Å²) in [6.45, 7) is 0. The van der Waals surface area contributed by atoms with E-state index in [-0.39, 0.29) is 18.0 Å². The minimum absolute atomic E-state index is 0.110. The van der Waals surface area contributed by atoms with Crippen LogP contribution in [0.25, 0.3) is 0 Å². The molecule has 1 saturated heterocycles. The van der Waals surface area contributed by atoms with Gasteiger partial charge in [-0.05, 0) is 18.1 Å². The van der Waals surface area contributed by atoms with Crippen molar-refractivity contribution in [2.24, 2.45) is 5.92 Å². The van der Waals surface area contributed by atoms with E-state index < -0.39 is 0 Å². The molecule has 2 atom stereocenters. The van der Waals surface area contributed by atoms with Crippen LogP contribution in [0.5, 0.6) is 0 Å². The van der Waals surface area contributed by atoms with Gasteiger partial charge in [0.2, 0.25) is 0 Å². The third kappa shape index (κ3) is 2.68. The van der Waals surface area contributed by atoms with Crippen molar-refractivity contribution >= 4 is 17.7 Å². The van der Waals surface area contributed by atoms with Crippen LogP contribution >= 0.6 is 11.8 Å². The van der Waals surface area contributed by atoms with Gasteiger partial charge in [-0.3, -0.25) is 4.79 Å². The molecule has 3 nitrogen and oxygen atoms in total. The van der Waals surface area contributed by atoms with Crippen molar-refractivity contribution < 1.29 is 14.6 Å². The maximum atomic E-state index is 10.9. The Labute approximate surface area is 76.5 Å². The third-order valence-corrected chi connectivity index (χ3v) is 3.22. The number of carbonyl (C=O) groups excluding carboxylic acids is 1. The normalized spacial score (nSPS) is 29.8. The van der Waals surface area contributed by atoms with Gasteiger partial charge in [-0.15, -0.1) is 0 Å². The summed E-state index contributed by atoms with van der Waals surface area (Å²) in [4.78, 5) is 10.9. The highest BCUT2D eigenvalue weighted by molar-refractivity contribution is 7.99. The number of hydrogen-bond acceptors (Lipinski definition) is 4. The first-order valence-corrected chi connectivity index (χ1v) is 5.22. The minimum atomic E-state index is -0.331. The lowest BCUT2D eigenvalue weighted by atomic mass is 9.96. The van der Waals surface area contributed by atoms with Gasteiger partial charge < -0.3 is 9.84 Å². The topological polar surface area (TPSA) is 46.5 Å². The molecule has 1 fully saturated rings. The van der Waals surface area contributed by atoms with Crippen molar-refractivity contribution in [1.82, 2.24) is 0 Å². The number of hydrogen-bond donors (Lipinski definition) is 1. The molecule has 1 aliphatic rings. The molecule has 0 aromatic rings. The highest BCUT2D eigenvalue weighted by atomic mass is 32.2. The number of rotatable bonds is 2. The molecule has 0 radical (unpaired) electrons. The van der Waals surface area contributed by atoms with Crippen LogP contribution in [-0.2, 0) is 9.53 Å². The highest BCUT2D eigenvalue weighted by Gasteiger charge is 2.25. The molecular formula is C8H14O3S. The first-order valence-electron chi connectivity index (χ1n) is 4.06. The van der Waals surface area contributed by atoms with E-state index in [0.717, 1.165) is 17.9 Å². The Balaban J connectivity index is 2.33. The summed E-state index contributed by atoms with van der Waals surface area (Å²) < 4.78 is 4.54. The van der Waals surface area contributed by atoms with Crippen LogP contribution in [0.1, 0.15) is 12.8 Å². The predicted octanol–water partition coefficient (Wildman–Crippen LogP) is 0.663. The summed E-state index contributed by atoms with van der Waals surface area (Å²) in [6, 6.07) is 0. The van der Waals surface area contributed by atoms with Crippen molar-refractivity contribution in [2.45, 2.75) is 18.9 Å². The van der Waals surface area contributed by atoms with E-state index in [9.17, 15) is 9.90 Å². The van der Waals surface area contributed by atoms with Gasteiger partial charge in [-0.25, -0.2) is 0 Å². The molecule has 2 unspecified atom stereocenters. The molecular weight excluding hydrogens is 176 g/mol. The summed E-state index contributed by atoms with van der Waals surface area (Å²) in [6.07, 6.45) is 0.946. The fourth-order valence-electron chi connectivity index (χ4n) is 1.30. The first-order chi connectivity index (χ1) is 5.74. The number of methoxy groups -OCH3 is 1. The Morgan fingerprint density at radius 3 is 3.08 bits per heavy atom. The zero-order valence-electron chi connectivity index (χ0n) is 7.16. The van der Waals surface area contributed by atoms with Crippen molar-refractivity contribution in [3.63, 3.8) is 0 Å². The monoisotopic (exact) mass is 190 g/mol. The number of esters is 1. The molecule has 0 amide bonds. The molecule has 70 valence electrons. The summed E-state index contributed by atoms with van der Waals surface area (Å²) in [5.41, 5.74) is 0. The van der Waals surface area contributed by atoms with Gasteiger partial charge in [0.15, 0.2) is 0 Å². The Bertz CT molecular complexity index is 160. The first kappa shape index (κ1) is 9.86. The zero-order valence-corrected chi connectivity index (χ0v) is 7.97. The summed E-state index contributed by atoms with van der Waals surface area (Å²) in [7, 11) is 1.38. The molecule has 1 heterocycles. The Hall–Kier alpha value is -0.220. The van der Waals surface area contributed by atoms with E-state index in [0.29, 0.717) is 6.42 Å². The lowest BCUT2D eigenvalue weighted by Crippen LogP contribution is -2.29. The zero-order chi connectivity index (χ0) is 8.97. The number of thioether (sulfide) groups is 1. The Morgan fingerprint density at radius 1 is 1.75 bits per heavy atom. The lowest BCUT2D eigenvalue weighted by Gasteiger charge is -2.25. The standard InChI is InChI=1S/C8H14O3S/c1-11-8(10)4-6-2-3-12-5-7(6)9/h6-7,9H,2-5H2,1H3. The average Bonchev–Trinajstić information content (AvgIpc) is 2.09. The van der Waals surface area contributed by atoms with Gasteiger partial charge >= 0.3 is 5.97 Å². The molecule has 0 aromatic carbocycles. The van der Waals surface area contributed by atoms with E-state index in [1.165, 1.54) is 7.11 Å². The average molecular weight is 190 g/mol. The molecule has 4 heteroatoms. The third-order valence-electron chi connectivity index (χ3n) is 2.12. The van der Waals surface area contributed by atoms with Crippen molar-refractivity contribution in [2.75, 3.05) is 18.6 Å². The Kier molecular flexibility index (Phi) is 3.88. The van der Waals surface area contributed by atoms with Crippen molar-refractivity contribution in [3.05, 3.63) is 0 Å². The van der Waals surface area contributed by atoms with Crippen LogP contribution in [0.4, 0.5) is 0 Å². The van der Waals surface area contributed by atoms with Crippen LogP contribution in [-0.4, -0.2) is 35.8 Å². The number of aliphatic hydroxyl groups is 1. The molecule has 1 aliphatic heterocycles. The fraction of sp³-hybridized carbons (Fsp3) is 0.875. The fourth-order valence-corrected chi connectivity index (χ4v) is 2.45. The van der Waals surface area contributed by atoms with Crippen LogP contribution < -0.4 is 0 Å². The Morgan fingerprint density at radius 2 is 2.50 bits per heavy atom. The lowest BCUT2D eigenvalue weighted by molar-refractivity contribution is -0.142. The highest BCUT2D eigenvalue weighted by Crippen LogP contribution is 2.25. The van der Waals surface area contributed by atoms with Gasteiger partial charge in [0, 0.05) is 5.75 Å². The van der Waals surface area contributed by atoms with Crippen molar-refractivity contribution in [1.29, 1.82) is 0 Å². The maximum Gasteiger partial charge on any atom is 0.305 e. The second-order valence-electron chi connectivity index (χ2n) is 2.97. The van der Waals surface area contributed by atoms with Gasteiger partial charge in [0.25, 0.3) is 0 Å². The summed E-state index contributed by atoms with van der Waals surface area (Å²) in [5, 5.41) is 9.48. The van der Waals surface area contributed by atoms with Crippen LogP contribution in [0.15, 0.2) is 0 Å². The molecule has 0 bridgehead atoms. The molecule has 12 heavy (non-hydrogen) atoms. The van der Waals surface area contributed by atoms with E-state index >= 15 is 0 Å². The van der Waals surface area contributed by atoms with Crippen LogP contribution in [0.2, 0.25) is 0 Å². The largest absolute Gasteiger partial charge is 0.469 e. The van der Waals surface area contributed by atoms with Gasteiger partial charge in [0.05, 0.1) is 19.6 Å². The number of ether oxygens (including phenoxy) is 1. The van der Waals surface area contributed by atoms with E-state index in [1.54, 1.807) is 11.8 Å². The second-order valence-corrected chi connectivity index (χ2v) is 4.12. The SMILES string of the molecule is COC(=O)CC1CCSCC1O. The predicted molar refractivity (Wildman–Crippen MR) is 48.1 cm³/mol. The number of carbonyl (C=O) groups is 1. The van der Waals surface area contributed by atoms with Gasteiger partial charge in [-0.2, -0.15) is 11.8 Å². The van der Waals surface area contributed by atoms with E-state index in [4.69, 9.17) is 0 Å². The van der Waals surface area contributed by atoms with Crippen LogP contribution in [0.3, 0.4) is 0 Å². The molecule has 0 spiro atoms. The maximum absolute atomic E-state index is 10.9. The molecule has 1 N–H and O–H groups in total. The molecule has 0 aromatic heterocycles. The van der Waals surface area contributed by atoms with Gasteiger partial charge in [0.1, 0.15) is 0 Å². The second kappa shape index (κ2) is 4.72. The summed E-state index contributed by atoms with van der Waals surface area (Å²) in [5.74, 6) is 1.69. The minimum Gasteiger partial charge on any atom is -0.469 e. The van der Waals surface area contributed by atoms with E-state index in [1.807, 2.05) is 0 Å². The van der Waals surface area contributed by atoms with Crippen molar-refractivity contribution in [3.8, 4) is 0 Å². The number of aliphatic hydroxyl groups excluding tert-OH is 1.